The summed E-state index contributed by atoms with van der Waals surface area (Å²) in [7, 11) is 0. The number of hydrogen-bond acceptors (Lipinski definition) is 3. The number of ether oxygens (including phenoxy) is 1. The molecule has 1 aromatic heterocycles. The molecule has 1 aromatic rings. The lowest BCUT2D eigenvalue weighted by Gasteiger charge is -2.10. The van der Waals surface area contributed by atoms with E-state index in [4.69, 9.17) is 16.3 Å². The molecule has 0 bridgehead atoms. The van der Waals surface area contributed by atoms with E-state index in [1.807, 2.05) is 0 Å². The zero-order chi connectivity index (χ0) is 13.1. The highest BCUT2D eigenvalue weighted by Gasteiger charge is 2.26. The smallest absolute Gasteiger partial charge is 0.389 e. The van der Waals surface area contributed by atoms with Crippen LogP contribution in [-0.4, -0.2) is 22.8 Å². The van der Waals surface area contributed by atoms with Gasteiger partial charge in [-0.3, -0.25) is 0 Å². The Bertz CT molecular complexity index is 396. The molecule has 0 atom stereocenters. The Kier molecular flexibility index (Phi) is 4.56. The third-order valence-corrected chi connectivity index (χ3v) is 2.36. The van der Waals surface area contributed by atoms with Crippen molar-refractivity contribution >= 4 is 11.6 Å². The molecule has 0 unspecified atom stereocenters. The Morgan fingerprint density at radius 2 is 1.88 bits per heavy atom. The molecular formula is C10H12ClF3N2O. The predicted octanol–water partition coefficient (Wildman–Crippen LogP) is 3.47. The van der Waals surface area contributed by atoms with Gasteiger partial charge in [0.2, 0.25) is 5.88 Å². The molecule has 7 heteroatoms. The van der Waals surface area contributed by atoms with Crippen molar-refractivity contribution in [1.29, 1.82) is 0 Å². The summed E-state index contributed by atoms with van der Waals surface area (Å²) in [5, 5.41) is 0.253. The van der Waals surface area contributed by atoms with Crippen molar-refractivity contribution < 1.29 is 17.9 Å². The van der Waals surface area contributed by atoms with Gasteiger partial charge in [0, 0.05) is 12.0 Å². The molecule has 0 aliphatic heterocycles. The van der Waals surface area contributed by atoms with Crippen LogP contribution < -0.4 is 4.74 Å². The molecule has 17 heavy (non-hydrogen) atoms. The van der Waals surface area contributed by atoms with Crippen LogP contribution in [0.1, 0.15) is 24.2 Å². The van der Waals surface area contributed by atoms with Gasteiger partial charge in [-0.2, -0.15) is 18.2 Å². The lowest BCUT2D eigenvalue weighted by molar-refractivity contribution is -0.136. The average Bonchev–Trinajstić information content (AvgIpc) is 2.18. The maximum absolute atomic E-state index is 11.9. The van der Waals surface area contributed by atoms with Gasteiger partial charge in [-0.25, -0.2) is 4.98 Å². The number of halogens is 4. The molecule has 3 nitrogen and oxygen atoms in total. The Morgan fingerprint density at radius 3 is 2.47 bits per heavy atom. The van der Waals surface area contributed by atoms with Crippen molar-refractivity contribution in [3.8, 4) is 5.88 Å². The molecule has 0 aliphatic rings. The summed E-state index contributed by atoms with van der Waals surface area (Å²) < 4.78 is 40.8. The molecule has 0 spiro atoms. The Hall–Kier alpha value is -1.04. The second kappa shape index (κ2) is 5.53. The van der Waals surface area contributed by atoms with Crippen molar-refractivity contribution in [2.24, 2.45) is 0 Å². The second-order valence-electron chi connectivity index (χ2n) is 3.56. The zero-order valence-corrected chi connectivity index (χ0v) is 10.2. The van der Waals surface area contributed by atoms with E-state index >= 15 is 0 Å². The van der Waals surface area contributed by atoms with Gasteiger partial charge in [-0.15, -0.1) is 0 Å². The summed E-state index contributed by atoms with van der Waals surface area (Å²) >= 11 is 5.79. The van der Waals surface area contributed by atoms with Crippen LogP contribution in [0, 0.1) is 13.8 Å². The van der Waals surface area contributed by atoms with Crippen molar-refractivity contribution in [3.63, 3.8) is 0 Å². The molecule has 96 valence electrons. The van der Waals surface area contributed by atoms with Crippen LogP contribution in [0.5, 0.6) is 5.88 Å². The van der Waals surface area contributed by atoms with Crippen molar-refractivity contribution in [1.82, 2.24) is 9.97 Å². The van der Waals surface area contributed by atoms with Crippen LogP contribution in [0.25, 0.3) is 0 Å². The number of alkyl halides is 3. The minimum absolute atomic E-state index is 0.0485. The maximum atomic E-state index is 11.9. The SMILES string of the molecule is Cc1nc(Cl)c(C)c(OCCCC(F)(F)F)n1. The van der Waals surface area contributed by atoms with Crippen molar-refractivity contribution in [2.75, 3.05) is 6.61 Å². The molecule has 1 rings (SSSR count). The Labute approximate surface area is 102 Å². The first-order valence-electron chi connectivity index (χ1n) is 5.00. The first kappa shape index (κ1) is 14.0. The van der Waals surface area contributed by atoms with E-state index in [2.05, 4.69) is 9.97 Å². The zero-order valence-electron chi connectivity index (χ0n) is 9.44. The molecule has 0 saturated carbocycles. The van der Waals surface area contributed by atoms with Crippen molar-refractivity contribution in [3.05, 3.63) is 16.5 Å². The lowest BCUT2D eigenvalue weighted by Crippen LogP contribution is -2.10. The monoisotopic (exact) mass is 268 g/mol. The summed E-state index contributed by atoms with van der Waals surface area (Å²) in [5.74, 6) is 0.663. The molecule has 0 fully saturated rings. The fourth-order valence-corrected chi connectivity index (χ4v) is 1.36. The minimum Gasteiger partial charge on any atom is -0.477 e. The van der Waals surface area contributed by atoms with E-state index < -0.39 is 12.6 Å². The van der Waals surface area contributed by atoms with Gasteiger partial charge in [0.15, 0.2) is 0 Å². The number of aryl methyl sites for hydroxylation is 1. The van der Waals surface area contributed by atoms with Crippen LogP contribution in [0.4, 0.5) is 13.2 Å². The number of nitrogens with zero attached hydrogens (tertiary/aromatic N) is 2. The normalized spacial score (nSPS) is 11.6. The topological polar surface area (TPSA) is 35.0 Å². The fraction of sp³-hybridized carbons (Fsp3) is 0.600. The van der Waals surface area contributed by atoms with Gasteiger partial charge >= 0.3 is 6.18 Å². The van der Waals surface area contributed by atoms with Gasteiger partial charge in [0.1, 0.15) is 11.0 Å². The second-order valence-corrected chi connectivity index (χ2v) is 3.92. The largest absolute Gasteiger partial charge is 0.477 e. The van der Waals surface area contributed by atoms with Crippen LogP contribution >= 0.6 is 11.6 Å². The standard InChI is InChI=1S/C10H12ClF3N2O/c1-6-8(11)15-7(2)16-9(6)17-5-3-4-10(12,13)14/h3-5H2,1-2H3. The Balaban J connectivity index is 2.52. The van der Waals surface area contributed by atoms with E-state index in [0.29, 0.717) is 11.4 Å². The molecule has 0 aliphatic carbocycles. The van der Waals surface area contributed by atoms with Gasteiger partial charge in [0.25, 0.3) is 0 Å². The first-order chi connectivity index (χ1) is 7.79. The minimum atomic E-state index is -4.16. The summed E-state index contributed by atoms with van der Waals surface area (Å²) in [4.78, 5) is 7.86. The van der Waals surface area contributed by atoms with Crippen LogP contribution in [0.15, 0.2) is 0 Å². The molecular weight excluding hydrogens is 257 g/mol. The predicted molar refractivity (Wildman–Crippen MR) is 57.3 cm³/mol. The third-order valence-electron chi connectivity index (χ3n) is 2.00. The summed E-state index contributed by atoms with van der Waals surface area (Å²) in [6.07, 6.45) is -5.13. The van der Waals surface area contributed by atoms with Crippen LogP contribution in [0.2, 0.25) is 5.15 Å². The molecule has 0 radical (unpaired) electrons. The number of rotatable bonds is 4. The van der Waals surface area contributed by atoms with E-state index in [1.165, 1.54) is 0 Å². The number of hydrogen-bond donors (Lipinski definition) is 0. The van der Waals surface area contributed by atoms with Crippen LogP contribution in [0.3, 0.4) is 0 Å². The van der Waals surface area contributed by atoms with Gasteiger partial charge in [0.05, 0.1) is 6.61 Å². The summed E-state index contributed by atoms with van der Waals surface area (Å²) in [6.45, 7) is 3.24. The highest BCUT2D eigenvalue weighted by atomic mass is 35.5. The van der Waals surface area contributed by atoms with E-state index in [0.717, 1.165) is 0 Å². The molecule has 0 amide bonds. The van der Waals surface area contributed by atoms with Gasteiger partial charge in [-0.05, 0) is 20.3 Å². The van der Waals surface area contributed by atoms with Crippen molar-refractivity contribution in [2.45, 2.75) is 32.9 Å². The average molecular weight is 269 g/mol. The Morgan fingerprint density at radius 1 is 1.24 bits per heavy atom. The summed E-state index contributed by atoms with van der Waals surface area (Å²) in [6, 6.07) is 0. The fourth-order valence-electron chi connectivity index (χ4n) is 1.15. The maximum Gasteiger partial charge on any atom is 0.389 e. The summed E-state index contributed by atoms with van der Waals surface area (Å²) in [5.41, 5.74) is 0.532. The highest BCUT2D eigenvalue weighted by Crippen LogP contribution is 2.24. The molecule has 0 N–H and O–H groups in total. The molecule has 1 heterocycles. The van der Waals surface area contributed by atoms with Gasteiger partial charge in [-0.1, -0.05) is 11.6 Å². The number of aromatic nitrogens is 2. The van der Waals surface area contributed by atoms with E-state index in [9.17, 15) is 13.2 Å². The third kappa shape index (κ3) is 4.77. The molecule has 0 aromatic carbocycles. The highest BCUT2D eigenvalue weighted by molar-refractivity contribution is 6.30. The van der Waals surface area contributed by atoms with Gasteiger partial charge < -0.3 is 4.74 Å². The quantitative estimate of drug-likeness (QED) is 0.619. The van der Waals surface area contributed by atoms with E-state index in [1.54, 1.807) is 13.8 Å². The first-order valence-corrected chi connectivity index (χ1v) is 5.37. The van der Waals surface area contributed by atoms with Crippen LogP contribution in [-0.2, 0) is 0 Å². The molecule has 0 saturated heterocycles. The lowest BCUT2D eigenvalue weighted by atomic mass is 10.3. The van der Waals surface area contributed by atoms with E-state index in [-0.39, 0.29) is 24.1 Å².